The number of hydrogen-bond donors (Lipinski definition) is 3. The van der Waals surface area contributed by atoms with Crippen LogP contribution >= 0.6 is 0 Å². The second-order valence-corrected chi connectivity index (χ2v) is 9.12. The SMILES string of the molecule is CC(=O)N[C@@H](Cc1cc(F)cc(OCc2ccncc2)c1)[C@H](O)[C@@H]1NCCN(Cc2ccccc2)C1=O. The molecule has 4 rings (SSSR count). The number of aliphatic hydroxyl groups is 1. The van der Waals surface area contributed by atoms with E-state index in [4.69, 9.17) is 4.74 Å². The molecular formula is C28H31FN4O4. The second kappa shape index (κ2) is 12.4. The smallest absolute Gasteiger partial charge is 0.242 e. The fraction of sp³-hybridized carbons (Fsp3) is 0.321. The molecule has 0 aliphatic carbocycles. The molecule has 0 bridgehead atoms. The summed E-state index contributed by atoms with van der Waals surface area (Å²) < 4.78 is 20.2. The van der Waals surface area contributed by atoms with E-state index in [1.165, 1.54) is 19.1 Å². The van der Waals surface area contributed by atoms with Gasteiger partial charge in [-0.25, -0.2) is 4.39 Å². The zero-order chi connectivity index (χ0) is 26.2. The summed E-state index contributed by atoms with van der Waals surface area (Å²) >= 11 is 0. The number of piperazine rings is 1. The number of carbonyl (C=O) groups is 2. The van der Waals surface area contributed by atoms with Crippen molar-refractivity contribution >= 4 is 11.8 Å². The molecule has 0 saturated carbocycles. The lowest BCUT2D eigenvalue weighted by Gasteiger charge is -2.38. The highest BCUT2D eigenvalue weighted by molar-refractivity contribution is 5.83. The van der Waals surface area contributed by atoms with Crippen molar-refractivity contribution in [2.24, 2.45) is 0 Å². The molecule has 8 nitrogen and oxygen atoms in total. The van der Waals surface area contributed by atoms with Gasteiger partial charge < -0.3 is 25.4 Å². The maximum atomic E-state index is 14.4. The van der Waals surface area contributed by atoms with Crippen LogP contribution in [-0.2, 0) is 29.2 Å². The molecule has 0 unspecified atom stereocenters. The Morgan fingerprint density at radius 2 is 1.92 bits per heavy atom. The minimum atomic E-state index is -1.24. The summed E-state index contributed by atoms with van der Waals surface area (Å²) in [4.78, 5) is 30.9. The van der Waals surface area contributed by atoms with Crippen molar-refractivity contribution < 1.29 is 23.8 Å². The van der Waals surface area contributed by atoms with Crippen molar-refractivity contribution in [2.75, 3.05) is 13.1 Å². The van der Waals surface area contributed by atoms with E-state index in [0.717, 1.165) is 11.1 Å². The topological polar surface area (TPSA) is 104 Å². The summed E-state index contributed by atoms with van der Waals surface area (Å²) in [6.45, 7) is 3.01. The number of carbonyl (C=O) groups excluding carboxylic acids is 2. The van der Waals surface area contributed by atoms with E-state index in [1.54, 1.807) is 35.5 Å². The van der Waals surface area contributed by atoms with Crippen molar-refractivity contribution in [2.45, 2.75) is 44.7 Å². The zero-order valence-corrected chi connectivity index (χ0v) is 20.6. The Labute approximate surface area is 215 Å². The Bertz CT molecular complexity index is 1200. The summed E-state index contributed by atoms with van der Waals surface area (Å²) in [5.41, 5.74) is 2.39. The van der Waals surface area contributed by atoms with Crippen molar-refractivity contribution in [3.8, 4) is 5.75 Å². The molecule has 2 aromatic carbocycles. The number of ether oxygens (including phenoxy) is 1. The van der Waals surface area contributed by atoms with E-state index >= 15 is 0 Å². The summed E-state index contributed by atoms with van der Waals surface area (Å²) in [5, 5.41) is 17.1. The molecule has 1 fully saturated rings. The summed E-state index contributed by atoms with van der Waals surface area (Å²) in [6.07, 6.45) is 2.17. The summed E-state index contributed by atoms with van der Waals surface area (Å²) in [5.74, 6) is -0.791. The molecule has 3 aromatic rings. The quantitative estimate of drug-likeness (QED) is 0.390. The molecule has 1 aliphatic rings. The first kappa shape index (κ1) is 26.2. The number of nitrogens with one attached hydrogen (secondary N) is 2. The van der Waals surface area contributed by atoms with Gasteiger partial charge in [-0.1, -0.05) is 30.3 Å². The monoisotopic (exact) mass is 506 g/mol. The molecule has 1 saturated heterocycles. The summed E-state index contributed by atoms with van der Waals surface area (Å²) in [6, 6.07) is 15.8. The molecule has 2 amide bonds. The Morgan fingerprint density at radius 1 is 1.16 bits per heavy atom. The number of amides is 2. The van der Waals surface area contributed by atoms with Gasteiger partial charge in [0.25, 0.3) is 0 Å². The third-order valence-corrected chi connectivity index (χ3v) is 6.22. The van der Waals surface area contributed by atoms with Gasteiger partial charge in [0.05, 0.1) is 12.1 Å². The molecule has 9 heteroatoms. The fourth-order valence-electron chi connectivity index (χ4n) is 4.45. The van der Waals surface area contributed by atoms with Crippen LogP contribution in [0.1, 0.15) is 23.6 Å². The minimum absolute atomic E-state index is 0.105. The van der Waals surface area contributed by atoms with Crippen LogP contribution < -0.4 is 15.4 Å². The lowest BCUT2D eigenvalue weighted by Crippen LogP contribution is -2.63. The van der Waals surface area contributed by atoms with Gasteiger partial charge in [-0.15, -0.1) is 0 Å². The third kappa shape index (κ3) is 7.34. The summed E-state index contributed by atoms with van der Waals surface area (Å²) in [7, 11) is 0. The molecular weight excluding hydrogens is 475 g/mol. The molecule has 3 atom stereocenters. The molecule has 1 aromatic heterocycles. The van der Waals surface area contributed by atoms with Crippen molar-refractivity contribution in [3.05, 3.63) is 95.6 Å². The van der Waals surface area contributed by atoms with Gasteiger partial charge in [-0.2, -0.15) is 0 Å². The molecule has 0 radical (unpaired) electrons. The van der Waals surface area contributed by atoms with Crippen LogP contribution in [0.25, 0.3) is 0 Å². The van der Waals surface area contributed by atoms with Crippen LogP contribution in [0.5, 0.6) is 5.75 Å². The lowest BCUT2D eigenvalue weighted by molar-refractivity contribution is -0.141. The second-order valence-electron chi connectivity index (χ2n) is 9.12. The van der Waals surface area contributed by atoms with Crippen LogP contribution in [-0.4, -0.2) is 58.1 Å². The highest BCUT2D eigenvalue weighted by atomic mass is 19.1. The van der Waals surface area contributed by atoms with Crippen molar-refractivity contribution in [3.63, 3.8) is 0 Å². The number of nitrogens with zero attached hydrogens (tertiary/aromatic N) is 2. The van der Waals surface area contributed by atoms with E-state index in [9.17, 15) is 19.1 Å². The maximum absolute atomic E-state index is 14.4. The first-order valence-electron chi connectivity index (χ1n) is 12.2. The number of benzene rings is 2. The van der Waals surface area contributed by atoms with Crippen molar-refractivity contribution in [1.82, 2.24) is 20.5 Å². The van der Waals surface area contributed by atoms with Crippen LogP contribution in [0.3, 0.4) is 0 Å². The highest BCUT2D eigenvalue weighted by Crippen LogP contribution is 2.21. The fourth-order valence-corrected chi connectivity index (χ4v) is 4.45. The number of aliphatic hydroxyl groups excluding tert-OH is 1. The molecule has 0 spiro atoms. The Hall–Kier alpha value is -3.82. The van der Waals surface area contributed by atoms with Crippen LogP contribution in [0, 0.1) is 5.82 Å². The predicted octanol–water partition coefficient (Wildman–Crippen LogP) is 2.21. The van der Waals surface area contributed by atoms with Crippen molar-refractivity contribution in [1.29, 1.82) is 0 Å². The van der Waals surface area contributed by atoms with Gasteiger partial charge in [-0.3, -0.25) is 14.6 Å². The highest BCUT2D eigenvalue weighted by Gasteiger charge is 2.38. The molecule has 3 N–H and O–H groups in total. The van der Waals surface area contributed by atoms with Gasteiger partial charge >= 0.3 is 0 Å². The molecule has 2 heterocycles. The minimum Gasteiger partial charge on any atom is -0.489 e. The van der Waals surface area contributed by atoms with E-state index in [-0.39, 0.29) is 24.8 Å². The largest absolute Gasteiger partial charge is 0.489 e. The number of rotatable bonds is 10. The van der Waals surface area contributed by atoms with E-state index < -0.39 is 24.0 Å². The number of aromatic nitrogens is 1. The zero-order valence-electron chi connectivity index (χ0n) is 20.6. The number of hydrogen-bond acceptors (Lipinski definition) is 6. The standard InChI is InChI=1S/C28H31FN4O4/c1-19(34)32-25(15-22-13-23(29)16-24(14-22)37-18-21-7-9-30-10-8-21)27(35)26-28(36)33(12-11-31-26)17-20-5-3-2-4-6-20/h2-10,13-14,16,25-27,31,35H,11-12,15,17-18H2,1H3,(H,32,34)/t25-,26-,27-/m0/s1. The molecule has 1 aliphatic heterocycles. The average molecular weight is 507 g/mol. The number of pyridine rings is 1. The predicted molar refractivity (Wildman–Crippen MR) is 136 cm³/mol. The third-order valence-electron chi connectivity index (χ3n) is 6.22. The van der Waals surface area contributed by atoms with Gasteiger partial charge in [0.1, 0.15) is 24.2 Å². The van der Waals surface area contributed by atoms with Gasteiger partial charge in [-0.05, 0) is 47.4 Å². The van der Waals surface area contributed by atoms with Gasteiger partial charge in [0, 0.05) is 45.0 Å². The Balaban J connectivity index is 1.47. The van der Waals surface area contributed by atoms with E-state index in [2.05, 4.69) is 15.6 Å². The molecule has 37 heavy (non-hydrogen) atoms. The first-order chi connectivity index (χ1) is 17.9. The van der Waals surface area contributed by atoms with Gasteiger partial charge in [0.15, 0.2) is 0 Å². The van der Waals surface area contributed by atoms with Crippen LogP contribution in [0.2, 0.25) is 0 Å². The van der Waals surface area contributed by atoms with Gasteiger partial charge in [0.2, 0.25) is 11.8 Å². The normalized spacial score (nSPS) is 17.2. The van der Waals surface area contributed by atoms with E-state index in [1.807, 2.05) is 30.3 Å². The van der Waals surface area contributed by atoms with E-state index in [0.29, 0.717) is 30.9 Å². The Kier molecular flexibility index (Phi) is 8.81. The maximum Gasteiger partial charge on any atom is 0.242 e. The Morgan fingerprint density at radius 3 is 2.65 bits per heavy atom. The molecule has 194 valence electrons. The number of halogens is 1. The van der Waals surface area contributed by atoms with Crippen LogP contribution in [0.4, 0.5) is 4.39 Å². The lowest BCUT2D eigenvalue weighted by atomic mass is 9.94. The first-order valence-corrected chi connectivity index (χ1v) is 12.2. The average Bonchev–Trinajstić information content (AvgIpc) is 2.89. The van der Waals surface area contributed by atoms with Crippen LogP contribution in [0.15, 0.2) is 73.1 Å².